The molecule has 2 fully saturated rings. The molecule has 0 aliphatic carbocycles. The van der Waals surface area contributed by atoms with Crippen molar-refractivity contribution in [1.29, 1.82) is 0 Å². The molecule has 7 nitrogen and oxygen atoms in total. The summed E-state index contributed by atoms with van der Waals surface area (Å²) in [5.74, 6) is 0. The molecule has 0 aromatic heterocycles. The second-order valence-electron chi connectivity index (χ2n) is 7.73. The Hall–Kier alpha value is -1.06. The van der Waals surface area contributed by atoms with E-state index >= 15 is 0 Å². The molecule has 0 bridgehead atoms. The molecular formula is C22H41N3O4. The molecule has 1 aromatic rings. The van der Waals surface area contributed by atoms with Crippen molar-refractivity contribution < 1.29 is 20.4 Å². The zero-order valence-corrected chi connectivity index (χ0v) is 17.6. The highest BCUT2D eigenvalue weighted by Gasteiger charge is 2.13. The maximum absolute atomic E-state index is 9.12. The predicted octanol–water partition coefficient (Wildman–Crippen LogP) is 0.625. The van der Waals surface area contributed by atoms with Crippen molar-refractivity contribution in [3.05, 3.63) is 35.9 Å². The number of piperidine rings is 2. The molecule has 0 spiro atoms. The summed E-state index contributed by atoms with van der Waals surface area (Å²) < 4.78 is 0. The largest absolute Gasteiger partial charge is 0.395 e. The van der Waals surface area contributed by atoms with Crippen molar-refractivity contribution in [2.45, 2.75) is 56.7 Å². The standard InChI is InChI=1S/C8H17NO2.C8H11NO.C6H13NO/c10-7-8(11)6-9-4-2-1-3-5-9;9-8(6-10)7-4-2-1-3-5-7;8-5-6-3-1-2-4-7-6/h8,10-11H,1-7H2;1-5,8,10H,6,9H2;6-8H,1-5H2/t;8-;/m.0./s1. The average molecular weight is 412 g/mol. The normalized spacial score (nSPS) is 21.8. The van der Waals surface area contributed by atoms with Crippen LogP contribution in [0.15, 0.2) is 30.3 Å². The number of aliphatic hydroxyl groups is 4. The first-order valence-electron chi connectivity index (χ1n) is 10.9. The molecule has 2 aliphatic heterocycles. The van der Waals surface area contributed by atoms with Crippen LogP contribution in [0.2, 0.25) is 0 Å². The Morgan fingerprint density at radius 3 is 2.14 bits per heavy atom. The number of nitrogens with two attached hydrogens (primary N) is 1. The lowest BCUT2D eigenvalue weighted by atomic mass is 10.1. The summed E-state index contributed by atoms with van der Waals surface area (Å²) in [5, 5.41) is 38.2. The first-order valence-corrected chi connectivity index (χ1v) is 10.9. The summed E-state index contributed by atoms with van der Waals surface area (Å²) in [6, 6.07) is 9.70. The zero-order valence-electron chi connectivity index (χ0n) is 17.6. The van der Waals surface area contributed by atoms with Crippen LogP contribution in [0.25, 0.3) is 0 Å². The summed E-state index contributed by atoms with van der Waals surface area (Å²) in [4.78, 5) is 2.21. The van der Waals surface area contributed by atoms with Gasteiger partial charge in [-0.15, -0.1) is 0 Å². The van der Waals surface area contributed by atoms with E-state index in [2.05, 4.69) is 10.2 Å². The van der Waals surface area contributed by atoms with Gasteiger partial charge in [-0.3, -0.25) is 0 Å². The number of β-amino-alcohol motifs (C(OH)–C–C–N with tert-alkyl or cyclic N) is 1. The fourth-order valence-electron chi connectivity index (χ4n) is 3.38. The van der Waals surface area contributed by atoms with Crippen LogP contribution >= 0.6 is 0 Å². The minimum absolute atomic E-state index is 0.00398. The Balaban J connectivity index is 0.000000220. The van der Waals surface area contributed by atoms with Gasteiger partial charge in [0.1, 0.15) is 0 Å². The van der Waals surface area contributed by atoms with E-state index in [-0.39, 0.29) is 19.3 Å². The molecular weight excluding hydrogens is 370 g/mol. The van der Waals surface area contributed by atoms with Gasteiger partial charge in [0.25, 0.3) is 0 Å². The van der Waals surface area contributed by atoms with Crippen molar-refractivity contribution in [2.75, 3.05) is 46.0 Å². The Kier molecular flexibility index (Phi) is 15.0. The van der Waals surface area contributed by atoms with E-state index in [9.17, 15) is 0 Å². The third kappa shape index (κ3) is 12.3. The van der Waals surface area contributed by atoms with Crippen molar-refractivity contribution in [3.63, 3.8) is 0 Å². The first kappa shape index (κ1) is 26.0. The fraction of sp³-hybridized carbons (Fsp3) is 0.727. The number of benzene rings is 1. The van der Waals surface area contributed by atoms with Crippen LogP contribution in [0.5, 0.6) is 0 Å². The molecule has 2 unspecified atom stereocenters. The Labute approximate surface area is 175 Å². The lowest BCUT2D eigenvalue weighted by Gasteiger charge is -2.27. The summed E-state index contributed by atoms with van der Waals surface area (Å²) in [5.41, 5.74) is 6.52. The molecule has 2 aliphatic rings. The van der Waals surface area contributed by atoms with E-state index in [1.807, 2.05) is 30.3 Å². The van der Waals surface area contributed by atoms with Gasteiger partial charge in [0.2, 0.25) is 0 Å². The molecule has 3 rings (SSSR count). The first-order chi connectivity index (χ1) is 14.1. The highest BCUT2D eigenvalue weighted by molar-refractivity contribution is 5.18. The maximum Gasteiger partial charge on any atom is 0.0897 e. The molecule has 2 heterocycles. The molecule has 2 saturated heterocycles. The molecule has 7 heteroatoms. The number of aliphatic hydroxyl groups excluding tert-OH is 4. The Morgan fingerprint density at radius 1 is 0.966 bits per heavy atom. The Bertz CT molecular complexity index is 480. The van der Waals surface area contributed by atoms with Crippen LogP contribution in [-0.2, 0) is 0 Å². The lowest BCUT2D eigenvalue weighted by molar-refractivity contribution is 0.0533. The maximum atomic E-state index is 9.12. The van der Waals surface area contributed by atoms with Crippen LogP contribution in [0.4, 0.5) is 0 Å². The van der Waals surface area contributed by atoms with Gasteiger partial charge in [-0.2, -0.15) is 0 Å². The molecule has 168 valence electrons. The van der Waals surface area contributed by atoms with Crippen molar-refractivity contribution in [1.82, 2.24) is 10.2 Å². The minimum atomic E-state index is -0.548. The predicted molar refractivity (Wildman–Crippen MR) is 117 cm³/mol. The number of hydrogen-bond acceptors (Lipinski definition) is 7. The smallest absolute Gasteiger partial charge is 0.0897 e. The highest BCUT2D eigenvalue weighted by Crippen LogP contribution is 2.09. The van der Waals surface area contributed by atoms with Crippen LogP contribution in [0.1, 0.15) is 50.1 Å². The minimum Gasteiger partial charge on any atom is -0.395 e. The Morgan fingerprint density at radius 2 is 1.66 bits per heavy atom. The van der Waals surface area contributed by atoms with E-state index in [1.165, 1.54) is 32.1 Å². The average Bonchev–Trinajstić information content (AvgIpc) is 2.81. The fourth-order valence-corrected chi connectivity index (χ4v) is 3.38. The summed E-state index contributed by atoms with van der Waals surface area (Å²) in [6.45, 7) is 4.08. The number of hydrogen-bond donors (Lipinski definition) is 6. The van der Waals surface area contributed by atoms with Gasteiger partial charge < -0.3 is 36.4 Å². The molecule has 0 radical (unpaired) electrons. The highest BCUT2D eigenvalue weighted by atomic mass is 16.3. The third-order valence-electron chi connectivity index (χ3n) is 5.19. The molecule has 1 aromatic carbocycles. The van der Waals surface area contributed by atoms with Gasteiger partial charge in [0, 0.05) is 12.6 Å². The summed E-state index contributed by atoms with van der Waals surface area (Å²) in [7, 11) is 0. The van der Waals surface area contributed by atoms with Crippen LogP contribution in [0, 0.1) is 0 Å². The summed E-state index contributed by atoms with van der Waals surface area (Å²) >= 11 is 0. The van der Waals surface area contributed by atoms with Gasteiger partial charge in [-0.25, -0.2) is 0 Å². The molecule has 0 amide bonds. The molecule has 7 N–H and O–H groups in total. The molecule has 0 saturated carbocycles. The van der Waals surface area contributed by atoms with Gasteiger partial charge >= 0.3 is 0 Å². The SMILES string of the molecule is N[C@@H](CO)c1ccccc1.OCC(O)CN1CCCCC1.OCC1CCCCN1. The quantitative estimate of drug-likeness (QED) is 0.406. The molecule has 29 heavy (non-hydrogen) atoms. The van der Waals surface area contributed by atoms with Crippen molar-refractivity contribution in [3.8, 4) is 0 Å². The van der Waals surface area contributed by atoms with Gasteiger partial charge in [-0.05, 0) is 50.9 Å². The van der Waals surface area contributed by atoms with E-state index < -0.39 is 6.10 Å². The zero-order chi connectivity index (χ0) is 21.3. The third-order valence-corrected chi connectivity index (χ3v) is 5.19. The number of likely N-dealkylation sites (tertiary alicyclic amines) is 1. The second-order valence-corrected chi connectivity index (χ2v) is 7.73. The monoisotopic (exact) mass is 411 g/mol. The van der Waals surface area contributed by atoms with Crippen molar-refractivity contribution in [2.24, 2.45) is 5.73 Å². The van der Waals surface area contributed by atoms with E-state index in [0.717, 1.165) is 31.6 Å². The second kappa shape index (κ2) is 16.7. The van der Waals surface area contributed by atoms with Gasteiger partial charge in [0.05, 0.1) is 32.0 Å². The summed E-state index contributed by atoms with van der Waals surface area (Å²) in [6.07, 6.45) is 6.93. The number of rotatable bonds is 6. The molecule has 3 atom stereocenters. The topological polar surface area (TPSA) is 122 Å². The van der Waals surface area contributed by atoms with Gasteiger partial charge in [0.15, 0.2) is 0 Å². The van der Waals surface area contributed by atoms with Crippen LogP contribution in [0.3, 0.4) is 0 Å². The van der Waals surface area contributed by atoms with E-state index in [0.29, 0.717) is 19.2 Å². The van der Waals surface area contributed by atoms with E-state index in [1.54, 1.807) is 0 Å². The van der Waals surface area contributed by atoms with Crippen molar-refractivity contribution >= 4 is 0 Å². The van der Waals surface area contributed by atoms with Gasteiger partial charge in [-0.1, -0.05) is 43.2 Å². The van der Waals surface area contributed by atoms with Crippen LogP contribution in [-0.4, -0.2) is 83.5 Å². The number of nitrogens with zero attached hydrogens (tertiary/aromatic N) is 1. The van der Waals surface area contributed by atoms with Crippen LogP contribution < -0.4 is 11.1 Å². The number of nitrogens with one attached hydrogen (secondary N) is 1. The lowest BCUT2D eigenvalue weighted by Crippen LogP contribution is -2.37. The van der Waals surface area contributed by atoms with E-state index in [4.69, 9.17) is 26.2 Å².